The van der Waals surface area contributed by atoms with Crippen molar-refractivity contribution < 1.29 is 4.52 Å². The number of allylic oxidation sites excluding steroid dienone is 1. The highest BCUT2D eigenvalue weighted by atomic mass is 35.5. The second-order valence-electron chi connectivity index (χ2n) is 4.21. The lowest BCUT2D eigenvalue weighted by molar-refractivity contribution is 0.409. The molecule has 3 rings (SSSR count). The summed E-state index contributed by atoms with van der Waals surface area (Å²) >= 11 is 13.6. The van der Waals surface area contributed by atoms with Crippen LogP contribution in [0.4, 0.5) is 0 Å². The van der Waals surface area contributed by atoms with Crippen LogP contribution in [0.5, 0.6) is 0 Å². The van der Waals surface area contributed by atoms with Gasteiger partial charge in [0.1, 0.15) is 11.6 Å². The minimum absolute atomic E-state index is 0.141. The van der Waals surface area contributed by atoms with Crippen molar-refractivity contribution in [2.24, 2.45) is 0 Å². The zero-order chi connectivity index (χ0) is 15.5. The van der Waals surface area contributed by atoms with E-state index in [-0.39, 0.29) is 11.5 Å². The molecular formula is C15H7Cl2N3OS. The molecule has 4 nitrogen and oxygen atoms in total. The summed E-state index contributed by atoms with van der Waals surface area (Å²) in [5.41, 5.74) is 0.834. The van der Waals surface area contributed by atoms with Crippen molar-refractivity contribution in [3.63, 3.8) is 0 Å². The fourth-order valence-electron chi connectivity index (χ4n) is 1.77. The molecule has 0 aliphatic heterocycles. The van der Waals surface area contributed by atoms with E-state index in [1.165, 1.54) is 11.3 Å². The monoisotopic (exact) mass is 347 g/mol. The molecule has 0 atom stereocenters. The molecule has 0 bridgehead atoms. The van der Waals surface area contributed by atoms with Gasteiger partial charge in [-0.05, 0) is 29.2 Å². The van der Waals surface area contributed by atoms with Gasteiger partial charge in [0.25, 0.3) is 5.89 Å². The van der Waals surface area contributed by atoms with Crippen LogP contribution in [0.3, 0.4) is 0 Å². The normalized spacial score (nSPS) is 11.4. The van der Waals surface area contributed by atoms with E-state index in [9.17, 15) is 5.26 Å². The molecule has 0 fully saturated rings. The van der Waals surface area contributed by atoms with E-state index < -0.39 is 0 Å². The molecule has 0 radical (unpaired) electrons. The molecule has 1 aromatic carbocycles. The lowest BCUT2D eigenvalue weighted by atomic mass is 10.1. The first-order valence-corrected chi connectivity index (χ1v) is 7.76. The van der Waals surface area contributed by atoms with Crippen LogP contribution in [0, 0.1) is 11.3 Å². The summed E-state index contributed by atoms with van der Waals surface area (Å²) in [5.74, 6) is 0.588. The number of hydrogen-bond acceptors (Lipinski definition) is 5. The lowest BCUT2D eigenvalue weighted by Gasteiger charge is -2.00. The van der Waals surface area contributed by atoms with Gasteiger partial charge >= 0.3 is 0 Å². The van der Waals surface area contributed by atoms with Gasteiger partial charge in [0.05, 0.1) is 14.9 Å². The van der Waals surface area contributed by atoms with Gasteiger partial charge in [-0.3, -0.25) is 0 Å². The minimum Gasteiger partial charge on any atom is -0.333 e. The van der Waals surface area contributed by atoms with Crippen LogP contribution in [0.2, 0.25) is 10.0 Å². The first-order valence-electron chi connectivity index (χ1n) is 6.13. The molecule has 0 aliphatic rings. The second kappa shape index (κ2) is 6.32. The highest BCUT2D eigenvalue weighted by Crippen LogP contribution is 2.29. The molecule has 0 saturated heterocycles. The van der Waals surface area contributed by atoms with Crippen molar-refractivity contribution >= 4 is 46.2 Å². The highest BCUT2D eigenvalue weighted by molar-refractivity contribution is 7.13. The van der Waals surface area contributed by atoms with Crippen LogP contribution in [-0.2, 0) is 0 Å². The van der Waals surface area contributed by atoms with Crippen molar-refractivity contribution in [2.75, 3.05) is 0 Å². The third kappa shape index (κ3) is 2.90. The summed E-state index contributed by atoms with van der Waals surface area (Å²) in [4.78, 5) is 5.11. The van der Waals surface area contributed by atoms with Crippen LogP contribution in [0.15, 0.2) is 40.2 Å². The molecule has 0 aliphatic carbocycles. The maximum atomic E-state index is 9.32. The predicted octanol–water partition coefficient (Wildman–Crippen LogP) is 5.17. The van der Waals surface area contributed by atoms with Crippen LogP contribution >= 0.6 is 34.5 Å². The molecular weight excluding hydrogens is 341 g/mol. The average molecular weight is 348 g/mol. The second-order valence-corrected chi connectivity index (χ2v) is 5.95. The fraction of sp³-hybridized carbons (Fsp3) is 0. The van der Waals surface area contributed by atoms with Crippen molar-refractivity contribution in [2.45, 2.75) is 0 Å². The number of rotatable bonds is 3. The molecule has 7 heteroatoms. The number of aromatic nitrogens is 2. The zero-order valence-corrected chi connectivity index (χ0v) is 13.3. The highest BCUT2D eigenvalue weighted by Gasteiger charge is 2.14. The fourth-order valence-corrected chi connectivity index (χ4v) is 2.78. The molecule has 2 aromatic heterocycles. The Morgan fingerprint density at radius 1 is 1.27 bits per heavy atom. The van der Waals surface area contributed by atoms with Crippen molar-refractivity contribution in [1.29, 1.82) is 5.26 Å². The Hall–Kier alpha value is -2.13. The molecule has 2 heterocycles. The van der Waals surface area contributed by atoms with E-state index in [1.54, 1.807) is 24.3 Å². The Morgan fingerprint density at radius 2 is 2.14 bits per heavy atom. The van der Waals surface area contributed by atoms with E-state index in [0.29, 0.717) is 21.4 Å². The summed E-state index contributed by atoms with van der Waals surface area (Å²) in [6.07, 6.45) is 1.57. The van der Waals surface area contributed by atoms with Crippen molar-refractivity contribution in [3.8, 4) is 16.8 Å². The molecule has 0 saturated carbocycles. The quantitative estimate of drug-likeness (QED) is 0.613. The largest absolute Gasteiger partial charge is 0.333 e. The first kappa shape index (κ1) is 14.8. The van der Waals surface area contributed by atoms with Crippen LogP contribution in [0.25, 0.3) is 22.4 Å². The molecule has 108 valence electrons. The maximum Gasteiger partial charge on any atom is 0.268 e. The van der Waals surface area contributed by atoms with Crippen LogP contribution < -0.4 is 0 Å². The summed E-state index contributed by atoms with van der Waals surface area (Å²) in [7, 11) is 0. The Morgan fingerprint density at radius 3 is 2.86 bits per heavy atom. The van der Waals surface area contributed by atoms with Gasteiger partial charge in [-0.1, -0.05) is 46.6 Å². The van der Waals surface area contributed by atoms with Gasteiger partial charge in [0.15, 0.2) is 0 Å². The Bertz CT molecular complexity index is 879. The van der Waals surface area contributed by atoms with Crippen LogP contribution in [-0.4, -0.2) is 10.1 Å². The summed E-state index contributed by atoms with van der Waals surface area (Å²) < 4.78 is 5.16. The van der Waals surface area contributed by atoms with E-state index in [2.05, 4.69) is 10.1 Å². The number of thiophene rings is 1. The van der Waals surface area contributed by atoms with Gasteiger partial charge in [-0.15, -0.1) is 11.3 Å². The molecule has 0 unspecified atom stereocenters. The predicted molar refractivity (Wildman–Crippen MR) is 87.6 cm³/mol. The summed E-state index contributed by atoms with van der Waals surface area (Å²) in [6.45, 7) is 0. The topological polar surface area (TPSA) is 62.7 Å². The third-order valence-corrected chi connectivity index (χ3v) is 4.50. The number of nitrogens with zero attached hydrogens (tertiary/aromatic N) is 3. The minimum atomic E-state index is 0.141. The standard InChI is InChI=1S/C15H7Cl2N3OS/c16-11-4-1-3-9(13(11)17)7-10(8-18)15-19-14(20-21-15)12-5-2-6-22-12/h1-7H/b10-7+. The molecule has 22 heavy (non-hydrogen) atoms. The van der Waals surface area contributed by atoms with Gasteiger partial charge in [0.2, 0.25) is 5.82 Å². The zero-order valence-electron chi connectivity index (χ0n) is 11.0. The average Bonchev–Trinajstić information content (AvgIpc) is 3.19. The number of hydrogen-bond donors (Lipinski definition) is 0. The Kier molecular flexibility index (Phi) is 4.25. The van der Waals surface area contributed by atoms with Crippen LogP contribution in [0.1, 0.15) is 11.5 Å². The summed E-state index contributed by atoms with van der Waals surface area (Å²) in [6, 6.07) is 11.0. The molecule has 0 N–H and O–H groups in total. The Balaban J connectivity index is 2.00. The maximum absolute atomic E-state index is 9.32. The summed E-state index contributed by atoms with van der Waals surface area (Å²) in [5, 5.41) is 15.9. The van der Waals surface area contributed by atoms with Gasteiger partial charge in [-0.2, -0.15) is 10.2 Å². The number of halogens is 2. The van der Waals surface area contributed by atoms with Gasteiger partial charge in [0, 0.05) is 0 Å². The van der Waals surface area contributed by atoms with E-state index in [0.717, 1.165) is 4.88 Å². The van der Waals surface area contributed by atoms with Crippen molar-refractivity contribution in [1.82, 2.24) is 10.1 Å². The molecule has 0 amide bonds. The lowest BCUT2D eigenvalue weighted by Crippen LogP contribution is -1.84. The smallest absolute Gasteiger partial charge is 0.268 e. The number of benzene rings is 1. The molecule has 0 spiro atoms. The van der Waals surface area contributed by atoms with Gasteiger partial charge in [-0.25, -0.2) is 0 Å². The van der Waals surface area contributed by atoms with Gasteiger partial charge < -0.3 is 4.52 Å². The van der Waals surface area contributed by atoms with E-state index in [4.69, 9.17) is 27.7 Å². The first-order chi connectivity index (χ1) is 10.7. The SMILES string of the molecule is N#C/C(=C\c1cccc(Cl)c1Cl)c1nc(-c2cccs2)no1. The van der Waals surface area contributed by atoms with E-state index >= 15 is 0 Å². The third-order valence-electron chi connectivity index (χ3n) is 2.80. The Labute approximate surface area is 140 Å². The number of nitriles is 1. The van der Waals surface area contributed by atoms with Crippen molar-refractivity contribution in [3.05, 3.63) is 57.2 Å². The van der Waals surface area contributed by atoms with E-state index in [1.807, 2.05) is 23.6 Å². The molecule has 3 aromatic rings.